The number of carbonyl (C=O) groups excluding carboxylic acids is 1. The van der Waals surface area contributed by atoms with Crippen molar-refractivity contribution in [2.75, 3.05) is 26.0 Å². The summed E-state index contributed by atoms with van der Waals surface area (Å²) in [6, 6.07) is 5.69. The van der Waals surface area contributed by atoms with Gasteiger partial charge in [0.1, 0.15) is 5.58 Å². The second-order valence-corrected chi connectivity index (χ2v) is 6.86. The molecule has 7 heteroatoms. The lowest BCUT2D eigenvalue weighted by atomic mass is 10.1. The van der Waals surface area contributed by atoms with Crippen molar-refractivity contribution in [2.45, 2.75) is 13.5 Å². The second-order valence-electron chi connectivity index (χ2n) is 5.95. The largest absolute Gasteiger partial charge is 0.451 e. The van der Waals surface area contributed by atoms with Gasteiger partial charge >= 0.3 is 0 Å². The zero-order chi connectivity index (χ0) is 17.3. The molecule has 0 aliphatic carbocycles. The number of hydrogen-bond acceptors (Lipinski definition) is 4. The van der Waals surface area contributed by atoms with Crippen LogP contribution in [0.1, 0.15) is 16.1 Å². The molecule has 0 bridgehead atoms. The molecule has 0 aliphatic heterocycles. The van der Waals surface area contributed by atoms with E-state index in [1.165, 1.54) is 0 Å². The molecular weight excluding hydrogens is 372 g/mol. The van der Waals surface area contributed by atoms with Crippen LogP contribution in [-0.4, -0.2) is 41.2 Å². The van der Waals surface area contributed by atoms with Crippen LogP contribution in [0, 0.1) is 6.92 Å². The van der Waals surface area contributed by atoms with Crippen molar-refractivity contribution in [1.82, 2.24) is 14.7 Å². The van der Waals surface area contributed by atoms with Gasteiger partial charge in [0.2, 0.25) is 0 Å². The second kappa shape index (κ2) is 6.78. The number of rotatable bonds is 5. The van der Waals surface area contributed by atoms with Crippen LogP contribution in [0.4, 0.5) is 5.69 Å². The van der Waals surface area contributed by atoms with E-state index in [9.17, 15) is 4.79 Å². The minimum absolute atomic E-state index is 0.271. The van der Waals surface area contributed by atoms with Crippen LogP contribution in [0.3, 0.4) is 0 Å². The number of nitrogens with one attached hydrogen (secondary N) is 1. The number of nitrogens with zero attached hydrogens (tertiary/aromatic N) is 3. The van der Waals surface area contributed by atoms with Gasteiger partial charge in [0.25, 0.3) is 5.91 Å². The van der Waals surface area contributed by atoms with Gasteiger partial charge in [-0.1, -0.05) is 15.9 Å². The quantitative estimate of drug-likeness (QED) is 0.723. The predicted molar refractivity (Wildman–Crippen MR) is 97.4 cm³/mol. The van der Waals surface area contributed by atoms with Gasteiger partial charge in [-0.05, 0) is 39.2 Å². The highest BCUT2D eigenvalue weighted by Gasteiger charge is 2.18. The number of hydrogen-bond donors (Lipinski definition) is 1. The Bertz CT molecular complexity index is 882. The van der Waals surface area contributed by atoms with E-state index in [1.807, 2.05) is 45.4 Å². The summed E-state index contributed by atoms with van der Waals surface area (Å²) in [5.41, 5.74) is 2.17. The van der Waals surface area contributed by atoms with E-state index < -0.39 is 0 Å². The Labute approximate surface area is 148 Å². The fourth-order valence-electron chi connectivity index (χ4n) is 2.45. The summed E-state index contributed by atoms with van der Waals surface area (Å²) in [7, 11) is 4.02. The van der Waals surface area contributed by atoms with Gasteiger partial charge in [-0.3, -0.25) is 9.48 Å². The number of likely N-dealkylation sites (N-methyl/N-ethyl adjacent to an activating group) is 1. The standard InChI is InChI=1S/C17H19BrN4O2/c1-11-14-8-12(18)4-5-15(14)24-16(11)17(23)20-13-9-19-22(10-13)7-6-21(2)3/h4-5,8-10H,6-7H2,1-3H3,(H,20,23). The maximum absolute atomic E-state index is 12.5. The summed E-state index contributed by atoms with van der Waals surface area (Å²) >= 11 is 3.44. The van der Waals surface area contributed by atoms with Gasteiger partial charge in [0.15, 0.2) is 5.76 Å². The molecule has 0 fully saturated rings. The van der Waals surface area contributed by atoms with Crippen LogP contribution in [-0.2, 0) is 6.54 Å². The fraction of sp³-hybridized carbons (Fsp3) is 0.294. The van der Waals surface area contributed by atoms with E-state index in [0.29, 0.717) is 17.0 Å². The molecule has 6 nitrogen and oxygen atoms in total. The molecular formula is C17H19BrN4O2. The van der Waals surface area contributed by atoms with Crippen molar-refractivity contribution in [2.24, 2.45) is 0 Å². The normalized spacial score (nSPS) is 11.4. The first-order valence-electron chi connectivity index (χ1n) is 7.61. The number of furan rings is 1. The topological polar surface area (TPSA) is 63.3 Å². The van der Waals surface area contributed by atoms with Crippen LogP contribution in [0.15, 0.2) is 39.5 Å². The number of amides is 1. The van der Waals surface area contributed by atoms with E-state index in [2.05, 4.69) is 31.2 Å². The lowest BCUT2D eigenvalue weighted by molar-refractivity contribution is 0.0998. The summed E-state index contributed by atoms with van der Waals surface area (Å²) in [6.07, 6.45) is 3.46. The highest BCUT2D eigenvalue weighted by Crippen LogP contribution is 2.28. The van der Waals surface area contributed by atoms with Crippen molar-refractivity contribution in [3.8, 4) is 0 Å². The molecule has 0 spiro atoms. The number of carbonyl (C=O) groups is 1. The average Bonchev–Trinajstić information content (AvgIpc) is 3.10. The molecule has 24 heavy (non-hydrogen) atoms. The number of benzene rings is 1. The smallest absolute Gasteiger partial charge is 0.291 e. The van der Waals surface area contributed by atoms with Crippen molar-refractivity contribution in [1.29, 1.82) is 0 Å². The Morgan fingerprint density at radius 3 is 2.96 bits per heavy atom. The number of fused-ring (bicyclic) bond motifs is 1. The highest BCUT2D eigenvalue weighted by molar-refractivity contribution is 9.10. The van der Waals surface area contributed by atoms with Crippen LogP contribution in [0.2, 0.25) is 0 Å². The van der Waals surface area contributed by atoms with Gasteiger partial charge in [-0.2, -0.15) is 5.10 Å². The fourth-order valence-corrected chi connectivity index (χ4v) is 2.81. The molecule has 0 aliphatic rings. The number of anilines is 1. The van der Waals surface area contributed by atoms with Crippen molar-refractivity contribution in [3.63, 3.8) is 0 Å². The SMILES string of the molecule is Cc1c(C(=O)Nc2cnn(CCN(C)C)c2)oc2ccc(Br)cc12. The summed E-state index contributed by atoms with van der Waals surface area (Å²) in [6.45, 7) is 3.53. The van der Waals surface area contributed by atoms with Crippen LogP contribution in [0.5, 0.6) is 0 Å². The number of halogens is 1. The Balaban J connectivity index is 1.77. The number of aryl methyl sites for hydroxylation is 1. The summed E-state index contributed by atoms with van der Waals surface area (Å²) in [5, 5.41) is 8.02. The minimum atomic E-state index is -0.271. The van der Waals surface area contributed by atoms with E-state index in [-0.39, 0.29) is 5.91 Å². The van der Waals surface area contributed by atoms with E-state index in [4.69, 9.17) is 4.42 Å². The molecule has 3 aromatic rings. The molecule has 0 saturated carbocycles. The molecule has 0 radical (unpaired) electrons. The summed E-state index contributed by atoms with van der Waals surface area (Å²) < 4.78 is 8.46. The van der Waals surface area contributed by atoms with Gasteiger partial charge in [0, 0.05) is 28.2 Å². The van der Waals surface area contributed by atoms with Crippen LogP contribution >= 0.6 is 15.9 Å². The average molecular weight is 391 g/mol. The Hall–Kier alpha value is -2.12. The van der Waals surface area contributed by atoms with Crippen LogP contribution < -0.4 is 5.32 Å². The Morgan fingerprint density at radius 2 is 2.21 bits per heavy atom. The molecule has 0 unspecified atom stereocenters. The van der Waals surface area contributed by atoms with Crippen molar-refractivity contribution in [3.05, 3.63) is 46.4 Å². The molecule has 1 N–H and O–H groups in total. The third-order valence-electron chi connectivity index (χ3n) is 3.77. The molecule has 126 valence electrons. The van der Waals surface area contributed by atoms with Crippen LogP contribution in [0.25, 0.3) is 11.0 Å². The minimum Gasteiger partial charge on any atom is -0.451 e. The van der Waals surface area contributed by atoms with Crippen molar-refractivity contribution < 1.29 is 9.21 Å². The molecule has 2 heterocycles. The maximum atomic E-state index is 12.5. The lowest BCUT2D eigenvalue weighted by Gasteiger charge is -2.08. The Morgan fingerprint density at radius 1 is 1.42 bits per heavy atom. The van der Waals surface area contributed by atoms with Crippen molar-refractivity contribution >= 4 is 38.5 Å². The predicted octanol–water partition coefficient (Wildman–Crippen LogP) is 3.51. The third kappa shape index (κ3) is 3.52. The van der Waals surface area contributed by atoms with E-state index in [0.717, 1.165) is 28.5 Å². The first-order valence-corrected chi connectivity index (χ1v) is 8.40. The zero-order valence-electron chi connectivity index (χ0n) is 13.8. The van der Waals surface area contributed by atoms with Gasteiger partial charge in [0.05, 0.1) is 18.4 Å². The monoisotopic (exact) mass is 390 g/mol. The van der Waals surface area contributed by atoms with Gasteiger partial charge < -0.3 is 14.6 Å². The maximum Gasteiger partial charge on any atom is 0.291 e. The third-order valence-corrected chi connectivity index (χ3v) is 4.27. The molecule has 2 aromatic heterocycles. The summed E-state index contributed by atoms with van der Waals surface area (Å²) in [5.74, 6) is 0.0520. The summed E-state index contributed by atoms with van der Waals surface area (Å²) in [4.78, 5) is 14.6. The first kappa shape index (κ1) is 16.7. The highest BCUT2D eigenvalue weighted by atomic mass is 79.9. The van der Waals surface area contributed by atoms with Gasteiger partial charge in [-0.25, -0.2) is 0 Å². The molecule has 0 atom stereocenters. The lowest BCUT2D eigenvalue weighted by Crippen LogP contribution is -2.18. The molecule has 1 amide bonds. The van der Waals surface area contributed by atoms with E-state index in [1.54, 1.807) is 10.9 Å². The van der Waals surface area contributed by atoms with E-state index >= 15 is 0 Å². The molecule has 3 rings (SSSR count). The molecule has 0 saturated heterocycles. The zero-order valence-corrected chi connectivity index (χ0v) is 15.4. The number of aromatic nitrogens is 2. The molecule has 1 aromatic carbocycles. The Kier molecular flexibility index (Phi) is 4.73. The van der Waals surface area contributed by atoms with Gasteiger partial charge in [-0.15, -0.1) is 0 Å². The first-order chi connectivity index (χ1) is 11.4.